The van der Waals surface area contributed by atoms with E-state index in [0.717, 1.165) is 44.3 Å². The molecule has 160 valence electrons. The summed E-state index contributed by atoms with van der Waals surface area (Å²) in [6.07, 6.45) is 0. The predicted octanol–water partition coefficient (Wildman–Crippen LogP) is 7.40. The summed E-state index contributed by atoms with van der Waals surface area (Å²) in [5.74, 6) is 0. The molecular weight excluding hydrogens is 583 g/mol. The van der Waals surface area contributed by atoms with Gasteiger partial charge in [0.25, 0.3) is 0 Å². The third-order valence-corrected chi connectivity index (χ3v) is 5.17. The van der Waals surface area contributed by atoms with Gasteiger partial charge in [0.1, 0.15) is 0 Å². The minimum Gasteiger partial charge on any atom is -0.294 e. The minimum absolute atomic E-state index is 0. The van der Waals surface area contributed by atoms with Crippen molar-refractivity contribution in [3.63, 3.8) is 0 Å². The van der Waals surface area contributed by atoms with E-state index in [9.17, 15) is 0 Å². The van der Waals surface area contributed by atoms with Crippen LogP contribution in [0.15, 0.2) is 121 Å². The zero-order chi connectivity index (χ0) is 21.6. The van der Waals surface area contributed by atoms with E-state index in [-0.39, 0.29) is 21.1 Å². The fourth-order valence-electron chi connectivity index (χ4n) is 3.63. The SMILES string of the molecule is [Pt+2].[c-]1ccccc1.[c-]1ccccc1-c1nc(-c2ccc3ccccc3n2)cc2ccccc12. The number of para-hydroxylation sites is 1. The Kier molecular flexibility index (Phi) is 7.39. The Labute approximate surface area is 208 Å². The molecule has 2 aromatic heterocycles. The number of pyridine rings is 2. The second-order valence-corrected chi connectivity index (χ2v) is 7.32. The molecule has 2 heterocycles. The maximum atomic E-state index is 4.95. The molecule has 0 saturated carbocycles. The fraction of sp³-hybridized carbons (Fsp3) is 0. The van der Waals surface area contributed by atoms with Crippen LogP contribution < -0.4 is 0 Å². The van der Waals surface area contributed by atoms with Crippen LogP contribution in [0, 0.1) is 12.1 Å². The molecule has 2 nitrogen and oxygen atoms in total. The maximum absolute atomic E-state index is 4.95. The Morgan fingerprint density at radius 1 is 0.545 bits per heavy atom. The Bertz CT molecular complexity index is 1440. The van der Waals surface area contributed by atoms with E-state index in [0.29, 0.717) is 0 Å². The summed E-state index contributed by atoms with van der Waals surface area (Å²) < 4.78 is 0. The average molecular weight is 604 g/mol. The molecule has 3 heteroatoms. The van der Waals surface area contributed by atoms with Crippen molar-refractivity contribution in [1.29, 1.82) is 0 Å². The molecule has 6 rings (SSSR count). The van der Waals surface area contributed by atoms with E-state index in [2.05, 4.69) is 48.5 Å². The van der Waals surface area contributed by atoms with Crippen molar-refractivity contribution in [3.05, 3.63) is 133 Å². The zero-order valence-electron chi connectivity index (χ0n) is 17.8. The van der Waals surface area contributed by atoms with Gasteiger partial charge in [-0.2, -0.15) is 36.4 Å². The van der Waals surface area contributed by atoms with Crippen molar-refractivity contribution >= 4 is 21.7 Å². The first-order valence-corrected chi connectivity index (χ1v) is 10.5. The van der Waals surface area contributed by atoms with Crippen LogP contribution in [0.5, 0.6) is 0 Å². The Morgan fingerprint density at radius 2 is 1.27 bits per heavy atom. The van der Waals surface area contributed by atoms with Gasteiger partial charge in [0.05, 0.1) is 16.9 Å². The van der Waals surface area contributed by atoms with Crippen molar-refractivity contribution in [3.8, 4) is 22.6 Å². The van der Waals surface area contributed by atoms with Gasteiger partial charge >= 0.3 is 21.1 Å². The molecular formula is C30H20N2Pt. The van der Waals surface area contributed by atoms with Gasteiger partial charge in [-0.3, -0.25) is 4.98 Å². The molecule has 0 fully saturated rings. The van der Waals surface area contributed by atoms with Crippen LogP contribution in [-0.4, -0.2) is 9.97 Å². The number of nitrogens with zero attached hydrogens (tertiary/aromatic N) is 2. The van der Waals surface area contributed by atoms with Crippen LogP contribution >= 0.6 is 0 Å². The number of fused-ring (bicyclic) bond motifs is 2. The monoisotopic (exact) mass is 603 g/mol. The third-order valence-electron chi connectivity index (χ3n) is 5.17. The zero-order valence-corrected chi connectivity index (χ0v) is 20.0. The number of hydrogen-bond acceptors (Lipinski definition) is 2. The summed E-state index contributed by atoms with van der Waals surface area (Å²) in [6.45, 7) is 0. The van der Waals surface area contributed by atoms with Crippen LogP contribution in [0.4, 0.5) is 0 Å². The summed E-state index contributed by atoms with van der Waals surface area (Å²) in [7, 11) is 0. The molecule has 0 atom stereocenters. The molecule has 0 unspecified atom stereocenters. The van der Waals surface area contributed by atoms with Crippen molar-refractivity contribution in [2.75, 3.05) is 0 Å². The Hall–Kier alpha value is -3.61. The number of rotatable bonds is 2. The van der Waals surface area contributed by atoms with Crippen molar-refractivity contribution < 1.29 is 21.1 Å². The normalized spacial score (nSPS) is 10.2. The smallest absolute Gasteiger partial charge is 0.294 e. The van der Waals surface area contributed by atoms with E-state index in [4.69, 9.17) is 9.97 Å². The molecule has 0 aliphatic rings. The molecule has 0 N–H and O–H groups in total. The van der Waals surface area contributed by atoms with Crippen molar-refractivity contribution in [2.24, 2.45) is 0 Å². The number of aromatic nitrogens is 2. The van der Waals surface area contributed by atoms with Gasteiger partial charge in [0, 0.05) is 5.39 Å². The third kappa shape index (κ3) is 5.25. The number of benzene rings is 4. The molecule has 0 radical (unpaired) electrons. The topological polar surface area (TPSA) is 25.8 Å². The van der Waals surface area contributed by atoms with Gasteiger partial charge in [0.15, 0.2) is 0 Å². The second kappa shape index (κ2) is 10.8. The molecule has 6 aromatic rings. The van der Waals surface area contributed by atoms with Gasteiger partial charge in [-0.25, -0.2) is 4.98 Å². The summed E-state index contributed by atoms with van der Waals surface area (Å²) in [4.78, 5) is 9.77. The van der Waals surface area contributed by atoms with E-state index >= 15 is 0 Å². The molecule has 0 amide bonds. The van der Waals surface area contributed by atoms with Crippen LogP contribution in [0.3, 0.4) is 0 Å². The molecule has 4 aromatic carbocycles. The first-order valence-electron chi connectivity index (χ1n) is 10.5. The van der Waals surface area contributed by atoms with Crippen molar-refractivity contribution in [1.82, 2.24) is 9.97 Å². The van der Waals surface area contributed by atoms with Gasteiger partial charge < -0.3 is 0 Å². The summed E-state index contributed by atoms with van der Waals surface area (Å²) in [5, 5.41) is 3.41. The molecule has 0 bridgehead atoms. The molecule has 0 aliphatic carbocycles. The van der Waals surface area contributed by atoms with Gasteiger partial charge in [-0.1, -0.05) is 48.5 Å². The predicted molar refractivity (Wildman–Crippen MR) is 132 cm³/mol. The first kappa shape index (κ1) is 22.6. The van der Waals surface area contributed by atoms with E-state index in [1.54, 1.807) is 0 Å². The first-order chi connectivity index (χ1) is 15.9. The van der Waals surface area contributed by atoms with E-state index < -0.39 is 0 Å². The standard InChI is InChI=1S/C24H15N2.C6H5.Pt/c1-2-9-18(10-3-1)24-20-12-6-4-11-19(20)16-23(26-24)22-15-14-17-8-5-7-13-21(17)25-22;1-2-4-6-5-3-1;/h1-9,11-16H;1-5H;/q2*-1;+2. The van der Waals surface area contributed by atoms with E-state index in [1.165, 1.54) is 0 Å². The Morgan fingerprint density at radius 3 is 2.00 bits per heavy atom. The summed E-state index contributed by atoms with van der Waals surface area (Å²) in [6, 6.07) is 46.5. The molecule has 0 saturated heterocycles. The van der Waals surface area contributed by atoms with E-state index in [1.807, 2.05) is 84.9 Å². The van der Waals surface area contributed by atoms with Gasteiger partial charge in [-0.05, 0) is 34.7 Å². The van der Waals surface area contributed by atoms with Gasteiger partial charge in [0.2, 0.25) is 0 Å². The molecule has 0 spiro atoms. The summed E-state index contributed by atoms with van der Waals surface area (Å²) in [5.41, 5.74) is 4.67. The van der Waals surface area contributed by atoms with Crippen LogP contribution in [0.2, 0.25) is 0 Å². The number of hydrogen-bond donors (Lipinski definition) is 0. The largest absolute Gasteiger partial charge is 2.00 e. The van der Waals surface area contributed by atoms with Crippen LogP contribution in [0.1, 0.15) is 0 Å². The molecule has 33 heavy (non-hydrogen) atoms. The quantitative estimate of drug-likeness (QED) is 0.193. The maximum Gasteiger partial charge on any atom is 2.00 e. The summed E-state index contributed by atoms with van der Waals surface area (Å²) >= 11 is 0. The Balaban J connectivity index is 0.000000325. The average Bonchev–Trinajstić information content (AvgIpc) is 2.89. The minimum atomic E-state index is 0. The van der Waals surface area contributed by atoms with Crippen LogP contribution in [-0.2, 0) is 21.1 Å². The fourth-order valence-corrected chi connectivity index (χ4v) is 3.63. The molecule has 0 aliphatic heterocycles. The van der Waals surface area contributed by atoms with Crippen molar-refractivity contribution in [2.45, 2.75) is 0 Å². The second-order valence-electron chi connectivity index (χ2n) is 7.32. The van der Waals surface area contributed by atoms with Crippen LogP contribution in [0.25, 0.3) is 44.3 Å². The van der Waals surface area contributed by atoms with Gasteiger partial charge in [-0.15, -0.1) is 35.9 Å².